The molecular weight excluding hydrogens is 340 g/mol. The first-order valence-electron chi connectivity index (χ1n) is 10.0. The topological polar surface area (TPSA) is 52.6 Å². The number of rotatable bonds is 3. The molecule has 0 aliphatic heterocycles. The van der Waals surface area contributed by atoms with E-state index in [1.54, 1.807) is 0 Å². The molecule has 0 heterocycles. The summed E-state index contributed by atoms with van der Waals surface area (Å²) in [6.07, 6.45) is 3.19. The summed E-state index contributed by atoms with van der Waals surface area (Å²) in [5.74, 6) is 0.0563. The van der Waals surface area contributed by atoms with Crippen molar-refractivity contribution in [3.8, 4) is 0 Å². The number of esters is 2. The summed E-state index contributed by atoms with van der Waals surface area (Å²) in [4.78, 5) is 24.6. The largest absolute Gasteiger partial charge is 0.469 e. The first-order valence-corrected chi connectivity index (χ1v) is 10.0. The molecule has 0 saturated heterocycles. The lowest BCUT2D eigenvalue weighted by Crippen LogP contribution is -2.53. The molecule has 1 saturated carbocycles. The van der Waals surface area contributed by atoms with Crippen molar-refractivity contribution in [2.24, 2.45) is 11.3 Å². The van der Waals surface area contributed by atoms with Gasteiger partial charge in [-0.25, -0.2) is 0 Å². The highest BCUT2D eigenvalue weighted by molar-refractivity contribution is 5.77. The predicted molar refractivity (Wildman–Crippen MR) is 104 cm³/mol. The molecule has 0 radical (unpaired) electrons. The van der Waals surface area contributed by atoms with E-state index in [0.29, 0.717) is 12.3 Å². The van der Waals surface area contributed by atoms with Crippen LogP contribution in [0.3, 0.4) is 0 Å². The highest BCUT2D eigenvalue weighted by Gasteiger charge is 2.57. The highest BCUT2D eigenvalue weighted by atomic mass is 16.5. The Morgan fingerprint density at radius 1 is 1.19 bits per heavy atom. The summed E-state index contributed by atoms with van der Waals surface area (Å²) < 4.78 is 11.0. The van der Waals surface area contributed by atoms with Crippen molar-refractivity contribution in [2.75, 3.05) is 7.11 Å². The van der Waals surface area contributed by atoms with Crippen LogP contribution in [0.4, 0.5) is 0 Å². The van der Waals surface area contributed by atoms with E-state index in [0.717, 1.165) is 24.8 Å². The summed E-state index contributed by atoms with van der Waals surface area (Å²) in [6.45, 7) is 10.1. The van der Waals surface area contributed by atoms with Gasteiger partial charge in [0.05, 0.1) is 12.5 Å². The molecule has 27 heavy (non-hydrogen) atoms. The van der Waals surface area contributed by atoms with Crippen LogP contribution in [-0.4, -0.2) is 19.0 Å². The number of carbonyl (C=O) groups is 2. The van der Waals surface area contributed by atoms with Crippen LogP contribution in [0.25, 0.3) is 0 Å². The number of methoxy groups -OCH3 is 1. The third-order valence-electron chi connectivity index (χ3n) is 7.04. The highest BCUT2D eigenvalue weighted by Crippen LogP contribution is 2.60. The minimum absolute atomic E-state index is 0.0768. The molecule has 1 aromatic carbocycles. The normalized spacial score (nSPS) is 32.4. The maximum absolute atomic E-state index is 12.7. The van der Waals surface area contributed by atoms with E-state index in [2.05, 4.69) is 39.0 Å². The molecule has 1 aromatic rings. The second-order valence-corrected chi connectivity index (χ2v) is 9.07. The van der Waals surface area contributed by atoms with Crippen molar-refractivity contribution < 1.29 is 19.1 Å². The lowest BCUT2D eigenvalue weighted by atomic mass is 9.49. The summed E-state index contributed by atoms with van der Waals surface area (Å²) in [5.41, 5.74) is 2.91. The van der Waals surface area contributed by atoms with Gasteiger partial charge in [-0.2, -0.15) is 0 Å². The first-order chi connectivity index (χ1) is 12.6. The summed E-state index contributed by atoms with van der Waals surface area (Å²) >= 11 is 0. The van der Waals surface area contributed by atoms with Gasteiger partial charge in [0.1, 0.15) is 6.10 Å². The molecule has 0 aromatic heterocycles. The quantitative estimate of drug-likeness (QED) is 0.696. The Hall–Kier alpha value is -1.84. The van der Waals surface area contributed by atoms with Gasteiger partial charge in [0.2, 0.25) is 0 Å². The lowest BCUT2D eigenvalue weighted by molar-refractivity contribution is -0.165. The summed E-state index contributed by atoms with van der Waals surface area (Å²) in [6, 6.07) is 6.60. The fraction of sp³-hybridized carbons (Fsp3) is 0.652. The molecule has 0 amide bonds. The van der Waals surface area contributed by atoms with Crippen molar-refractivity contribution >= 4 is 11.9 Å². The molecule has 4 atom stereocenters. The van der Waals surface area contributed by atoms with Gasteiger partial charge in [0.15, 0.2) is 0 Å². The van der Waals surface area contributed by atoms with Crippen LogP contribution in [0.2, 0.25) is 0 Å². The Kier molecular flexibility index (Phi) is 5.13. The Bertz CT molecular complexity index is 753. The van der Waals surface area contributed by atoms with E-state index < -0.39 is 5.41 Å². The standard InChI is InChI=1S/C23H32O4/c1-14(2)16-8-9-18-17(12-16)19(27-15(3)24)13-20-22(18,4)10-7-11-23(20,5)21(25)26-6/h8-9,12,14,19-20H,7,10-11,13H2,1-6H3/t19-,20+,22-,23-/m1/s1. The molecule has 4 nitrogen and oxygen atoms in total. The van der Waals surface area contributed by atoms with E-state index in [-0.39, 0.29) is 29.4 Å². The second-order valence-electron chi connectivity index (χ2n) is 9.07. The van der Waals surface area contributed by atoms with Crippen molar-refractivity contribution in [2.45, 2.75) is 77.7 Å². The maximum atomic E-state index is 12.7. The molecule has 0 N–H and O–H groups in total. The van der Waals surface area contributed by atoms with Crippen molar-refractivity contribution in [3.63, 3.8) is 0 Å². The Morgan fingerprint density at radius 3 is 2.48 bits per heavy atom. The molecule has 2 aliphatic rings. The molecule has 0 spiro atoms. The Balaban J connectivity index is 2.16. The number of hydrogen-bond acceptors (Lipinski definition) is 4. The molecule has 1 fully saturated rings. The molecule has 4 heteroatoms. The number of ether oxygens (including phenoxy) is 2. The number of benzene rings is 1. The first kappa shape index (κ1) is 19.9. The second kappa shape index (κ2) is 6.96. The lowest BCUT2D eigenvalue weighted by Gasteiger charge is -2.55. The van der Waals surface area contributed by atoms with E-state index >= 15 is 0 Å². The summed E-state index contributed by atoms with van der Waals surface area (Å²) in [7, 11) is 1.47. The maximum Gasteiger partial charge on any atom is 0.311 e. The van der Waals surface area contributed by atoms with Crippen LogP contribution < -0.4 is 0 Å². The van der Waals surface area contributed by atoms with Crippen LogP contribution in [0.5, 0.6) is 0 Å². The van der Waals surface area contributed by atoms with Gasteiger partial charge in [0.25, 0.3) is 0 Å². The minimum atomic E-state index is -0.561. The molecule has 3 rings (SSSR count). The van der Waals surface area contributed by atoms with E-state index in [1.807, 2.05) is 6.92 Å². The average molecular weight is 373 g/mol. The molecule has 148 valence electrons. The Morgan fingerprint density at radius 2 is 1.89 bits per heavy atom. The predicted octanol–water partition coefficient (Wildman–Crippen LogP) is 5.06. The van der Waals surface area contributed by atoms with Crippen molar-refractivity contribution in [3.05, 3.63) is 34.9 Å². The van der Waals surface area contributed by atoms with Crippen LogP contribution in [0.15, 0.2) is 18.2 Å². The molecule has 0 unspecified atom stereocenters. The fourth-order valence-corrected chi connectivity index (χ4v) is 5.57. The van der Waals surface area contributed by atoms with Crippen LogP contribution in [-0.2, 0) is 24.5 Å². The zero-order valence-corrected chi connectivity index (χ0v) is 17.4. The average Bonchev–Trinajstić information content (AvgIpc) is 2.61. The zero-order valence-electron chi connectivity index (χ0n) is 17.4. The van der Waals surface area contributed by atoms with Gasteiger partial charge >= 0.3 is 11.9 Å². The van der Waals surface area contributed by atoms with Gasteiger partial charge in [-0.05, 0) is 60.1 Å². The van der Waals surface area contributed by atoms with Gasteiger partial charge < -0.3 is 9.47 Å². The number of hydrogen-bond donors (Lipinski definition) is 0. The van der Waals surface area contributed by atoms with E-state index in [1.165, 1.54) is 25.2 Å². The fourth-order valence-electron chi connectivity index (χ4n) is 5.57. The molecule has 2 aliphatic carbocycles. The van der Waals surface area contributed by atoms with Crippen molar-refractivity contribution in [1.82, 2.24) is 0 Å². The molecule has 0 bridgehead atoms. The zero-order chi connectivity index (χ0) is 20.0. The van der Waals surface area contributed by atoms with Crippen LogP contribution in [0.1, 0.15) is 89.0 Å². The molecular formula is C23H32O4. The monoisotopic (exact) mass is 372 g/mol. The van der Waals surface area contributed by atoms with Crippen LogP contribution in [0, 0.1) is 11.3 Å². The van der Waals surface area contributed by atoms with Crippen molar-refractivity contribution in [1.29, 1.82) is 0 Å². The van der Waals surface area contributed by atoms with Gasteiger partial charge in [0, 0.05) is 6.92 Å². The summed E-state index contributed by atoms with van der Waals surface area (Å²) in [5, 5.41) is 0. The smallest absolute Gasteiger partial charge is 0.311 e. The minimum Gasteiger partial charge on any atom is -0.469 e. The SMILES string of the molecule is COC(=O)[C@]1(C)CCC[C@]2(C)c3ccc(C(C)C)cc3[C@H](OC(C)=O)C[C@H]12. The van der Waals surface area contributed by atoms with E-state index in [9.17, 15) is 9.59 Å². The van der Waals surface area contributed by atoms with Gasteiger partial charge in [-0.1, -0.05) is 45.4 Å². The third kappa shape index (κ3) is 3.17. The number of carbonyl (C=O) groups excluding carboxylic acids is 2. The van der Waals surface area contributed by atoms with Gasteiger partial charge in [-0.3, -0.25) is 9.59 Å². The van der Waals surface area contributed by atoms with E-state index in [4.69, 9.17) is 9.47 Å². The number of fused-ring (bicyclic) bond motifs is 3. The van der Waals surface area contributed by atoms with Gasteiger partial charge in [-0.15, -0.1) is 0 Å². The third-order valence-corrected chi connectivity index (χ3v) is 7.04. The Labute approximate surface area is 162 Å². The van der Waals surface area contributed by atoms with Crippen LogP contribution >= 0.6 is 0 Å².